The maximum atomic E-state index is 12.9. The van der Waals surface area contributed by atoms with Gasteiger partial charge in [-0.15, -0.1) is 0 Å². The second kappa shape index (κ2) is 1.59. The van der Waals surface area contributed by atoms with Crippen LogP contribution in [0.4, 0.5) is 8.78 Å². The quantitative estimate of drug-likeness (QED) is 0.529. The summed E-state index contributed by atoms with van der Waals surface area (Å²) in [4.78, 5) is 1.59. The van der Waals surface area contributed by atoms with Crippen molar-refractivity contribution in [1.29, 1.82) is 0 Å². The Bertz CT molecular complexity index is 205. The number of alkyl halides is 2. The van der Waals surface area contributed by atoms with Crippen LogP contribution in [0.3, 0.4) is 0 Å². The van der Waals surface area contributed by atoms with Crippen LogP contribution in [0, 0.1) is 0 Å². The average Bonchev–Trinajstić information content (AvgIpc) is 2.16. The van der Waals surface area contributed by atoms with Crippen LogP contribution in [0.15, 0.2) is 0 Å². The van der Waals surface area contributed by atoms with Crippen LogP contribution >= 0.6 is 0 Å². The first-order chi connectivity index (χ1) is 4.92. The Morgan fingerprint density at radius 3 is 2.27 bits per heavy atom. The molecule has 0 spiro atoms. The Morgan fingerprint density at radius 1 is 1.45 bits per heavy atom. The molecule has 2 nitrogen and oxygen atoms in total. The van der Waals surface area contributed by atoms with Gasteiger partial charge in [0.25, 0.3) is 5.92 Å². The van der Waals surface area contributed by atoms with E-state index in [1.54, 1.807) is 25.8 Å². The summed E-state index contributed by atoms with van der Waals surface area (Å²) < 4.78 is 30.8. The zero-order valence-corrected chi connectivity index (χ0v) is 6.77. The summed E-state index contributed by atoms with van der Waals surface area (Å²) in [7, 11) is 1.67. The third-order valence-electron chi connectivity index (χ3n) is 3.04. The van der Waals surface area contributed by atoms with Gasteiger partial charge in [-0.3, -0.25) is 4.90 Å². The molecule has 64 valence electrons. The SMILES string of the molecule is CC1OC2C(F)(F)[C@@]2(C)N1C. The molecular weight excluding hydrogens is 152 g/mol. The standard InChI is InChI=1S/C7H11F2NO/c1-4-10(3)6(2)5(11-4)7(6,8)9/h4-5H,1-3H3/t4?,5?,6-/m0/s1. The normalized spacial score (nSPS) is 54.3. The fraction of sp³-hybridized carbons (Fsp3) is 1.00. The minimum absolute atomic E-state index is 0.176. The number of nitrogens with zero attached hydrogens (tertiary/aromatic N) is 1. The van der Waals surface area contributed by atoms with Crippen molar-refractivity contribution in [1.82, 2.24) is 4.90 Å². The molecule has 1 saturated carbocycles. The molecule has 0 aromatic rings. The molecule has 1 aliphatic carbocycles. The highest BCUT2D eigenvalue weighted by molar-refractivity contribution is 5.28. The van der Waals surface area contributed by atoms with Crippen molar-refractivity contribution in [3.05, 3.63) is 0 Å². The zero-order valence-electron chi connectivity index (χ0n) is 6.77. The van der Waals surface area contributed by atoms with Gasteiger partial charge in [0.1, 0.15) is 17.9 Å². The van der Waals surface area contributed by atoms with Gasteiger partial charge in [-0.2, -0.15) is 0 Å². The van der Waals surface area contributed by atoms with E-state index in [0.29, 0.717) is 0 Å². The summed E-state index contributed by atoms with van der Waals surface area (Å²) in [5, 5.41) is 0. The van der Waals surface area contributed by atoms with Crippen LogP contribution in [-0.2, 0) is 4.74 Å². The van der Waals surface area contributed by atoms with E-state index in [-0.39, 0.29) is 6.23 Å². The van der Waals surface area contributed by atoms with Crippen molar-refractivity contribution in [3.63, 3.8) is 0 Å². The molecule has 0 radical (unpaired) electrons. The molecule has 0 N–H and O–H groups in total. The molecule has 0 amide bonds. The van der Waals surface area contributed by atoms with Crippen molar-refractivity contribution >= 4 is 0 Å². The van der Waals surface area contributed by atoms with Crippen molar-refractivity contribution in [2.24, 2.45) is 0 Å². The summed E-state index contributed by atoms with van der Waals surface area (Å²) in [6, 6.07) is 0. The van der Waals surface area contributed by atoms with Gasteiger partial charge in [-0.05, 0) is 20.9 Å². The Balaban J connectivity index is 2.28. The van der Waals surface area contributed by atoms with E-state index in [9.17, 15) is 8.78 Å². The summed E-state index contributed by atoms with van der Waals surface area (Å²) in [5.74, 6) is -2.64. The number of halogens is 2. The molecule has 4 heteroatoms. The lowest BCUT2D eigenvalue weighted by Crippen LogP contribution is -2.40. The van der Waals surface area contributed by atoms with E-state index < -0.39 is 17.6 Å². The van der Waals surface area contributed by atoms with Gasteiger partial charge in [-0.25, -0.2) is 8.78 Å². The number of rotatable bonds is 0. The molecule has 0 bridgehead atoms. The van der Waals surface area contributed by atoms with Crippen molar-refractivity contribution < 1.29 is 13.5 Å². The number of likely N-dealkylation sites (N-methyl/N-ethyl adjacent to an activating group) is 1. The molecular formula is C7H11F2NO. The maximum absolute atomic E-state index is 12.9. The molecule has 1 saturated heterocycles. The van der Waals surface area contributed by atoms with Crippen molar-refractivity contribution in [2.45, 2.75) is 37.6 Å². The molecule has 0 aromatic heterocycles. The number of hydrogen-bond acceptors (Lipinski definition) is 2. The zero-order chi connectivity index (χ0) is 8.44. The first kappa shape index (κ1) is 7.43. The van der Waals surface area contributed by atoms with E-state index >= 15 is 0 Å². The second-order valence-corrected chi connectivity index (χ2v) is 3.50. The summed E-state index contributed by atoms with van der Waals surface area (Å²) >= 11 is 0. The van der Waals surface area contributed by atoms with Crippen molar-refractivity contribution in [2.75, 3.05) is 7.05 Å². The van der Waals surface area contributed by atoms with Gasteiger partial charge in [0.15, 0.2) is 0 Å². The van der Waals surface area contributed by atoms with E-state index in [1.807, 2.05) is 0 Å². The number of hydrogen-bond donors (Lipinski definition) is 0. The molecule has 2 aliphatic rings. The van der Waals surface area contributed by atoms with E-state index in [1.165, 1.54) is 0 Å². The lowest BCUT2D eigenvalue weighted by molar-refractivity contribution is -0.0910. The third-order valence-corrected chi connectivity index (χ3v) is 3.04. The topological polar surface area (TPSA) is 12.5 Å². The molecule has 2 unspecified atom stereocenters. The number of fused-ring (bicyclic) bond motifs is 1. The summed E-state index contributed by atoms with van der Waals surface area (Å²) in [6.45, 7) is 3.33. The van der Waals surface area contributed by atoms with Crippen LogP contribution in [0.5, 0.6) is 0 Å². The highest BCUT2D eigenvalue weighted by atomic mass is 19.3. The van der Waals surface area contributed by atoms with Crippen LogP contribution in [0.25, 0.3) is 0 Å². The van der Waals surface area contributed by atoms with Crippen LogP contribution in [0.2, 0.25) is 0 Å². The van der Waals surface area contributed by atoms with Crippen LogP contribution < -0.4 is 0 Å². The Kier molecular flexibility index (Phi) is 1.07. The number of ether oxygens (including phenoxy) is 1. The lowest BCUT2D eigenvalue weighted by Gasteiger charge is -2.24. The molecule has 2 rings (SSSR count). The van der Waals surface area contributed by atoms with Crippen LogP contribution in [0.1, 0.15) is 13.8 Å². The van der Waals surface area contributed by atoms with Gasteiger partial charge >= 0.3 is 0 Å². The Labute approximate surface area is 64.1 Å². The average molecular weight is 163 g/mol. The van der Waals surface area contributed by atoms with Gasteiger partial charge < -0.3 is 4.74 Å². The van der Waals surface area contributed by atoms with Gasteiger partial charge in [0.05, 0.1) is 0 Å². The van der Waals surface area contributed by atoms with Crippen molar-refractivity contribution in [3.8, 4) is 0 Å². The minimum Gasteiger partial charge on any atom is -0.352 e. The Morgan fingerprint density at radius 2 is 2.00 bits per heavy atom. The van der Waals surface area contributed by atoms with Crippen LogP contribution in [-0.4, -0.2) is 35.7 Å². The molecule has 2 fully saturated rings. The molecule has 1 aliphatic heterocycles. The maximum Gasteiger partial charge on any atom is 0.296 e. The fourth-order valence-corrected chi connectivity index (χ4v) is 1.78. The highest BCUT2D eigenvalue weighted by Crippen LogP contribution is 2.62. The molecule has 0 aromatic carbocycles. The highest BCUT2D eigenvalue weighted by Gasteiger charge is 2.85. The van der Waals surface area contributed by atoms with Gasteiger partial charge in [-0.1, -0.05) is 0 Å². The predicted molar refractivity (Wildman–Crippen MR) is 35.4 cm³/mol. The molecule has 1 heterocycles. The molecule has 3 atom stereocenters. The minimum atomic E-state index is -2.64. The lowest BCUT2D eigenvalue weighted by atomic mass is 10.3. The predicted octanol–water partition coefficient (Wildman–Crippen LogP) is 1.07. The van der Waals surface area contributed by atoms with E-state index in [2.05, 4.69) is 0 Å². The van der Waals surface area contributed by atoms with Gasteiger partial charge in [0, 0.05) is 0 Å². The first-order valence-electron chi connectivity index (χ1n) is 3.68. The molecule has 11 heavy (non-hydrogen) atoms. The van der Waals surface area contributed by atoms with E-state index in [4.69, 9.17) is 4.74 Å². The monoisotopic (exact) mass is 163 g/mol. The largest absolute Gasteiger partial charge is 0.352 e. The first-order valence-corrected chi connectivity index (χ1v) is 3.68. The fourth-order valence-electron chi connectivity index (χ4n) is 1.78. The van der Waals surface area contributed by atoms with Gasteiger partial charge in [0.2, 0.25) is 0 Å². The summed E-state index contributed by atoms with van der Waals surface area (Å²) in [5.41, 5.74) is -1.04. The smallest absolute Gasteiger partial charge is 0.296 e. The Hall–Kier alpha value is -0.220. The third kappa shape index (κ3) is 0.551. The van der Waals surface area contributed by atoms with E-state index in [0.717, 1.165) is 0 Å². The second-order valence-electron chi connectivity index (χ2n) is 3.50. The summed E-state index contributed by atoms with van der Waals surface area (Å²) in [6.07, 6.45) is -1.06.